The molecule has 0 radical (unpaired) electrons. The van der Waals surface area contributed by atoms with E-state index in [2.05, 4.69) is 78.4 Å². The molecule has 0 heterocycles. The molecule has 5 nitrogen and oxygen atoms in total. The summed E-state index contributed by atoms with van der Waals surface area (Å²) in [5, 5.41) is 14.4. The van der Waals surface area contributed by atoms with Gasteiger partial charge in [-0.2, -0.15) is 0 Å². The molecule has 2 N–H and O–H groups in total. The Morgan fingerprint density at radius 2 is 0.750 bits per heavy atom. The highest BCUT2D eigenvalue weighted by Gasteiger charge is 1.75. The maximum atomic E-state index is 9.59. The number of carboxylic acid groups (broad SMARTS) is 1. The van der Waals surface area contributed by atoms with E-state index in [0.29, 0.717) is 7.18 Å². The molecule has 244 valence electrons. The van der Waals surface area contributed by atoms with Gasteiger partial charge in [-0.1, -0.05) is 6.08 Å². The molecule has 0 aliphatic carbocycles. The first-order valence-electron chi connectivity index (χ1n) is 7.56. The molecule has 0 aromatic carbocycles. The number of carbonyl (C=O) groups excluding carboxylic acids is 1. The second-order valence-electron chi connectivity index (χ2n) is 2.85. The first-order valence-corrected chi connectivity index (χ1v) is 35.6. The average molecular weight is 1010 g/mol. The van der Waals surface area contributed by atoms with E-state index in [4.69, 9.17) is 15.0 Å². The molecule has 0 saturated heterocycles. The van der Waals surface area contributed by atoms with Crippen LogP contribution in [0.3, 0.4) is 0 Å². The van der Waals surface area contributed by atoms with Crippen molar-refractivity contribution in [2.45, 2.75) is 20.8 Å². The van der Waals surface area contributed by atoms with Gasteiger partial charge in [-0.25, -0.2) is 0 Å². The predicted octanol–water partition coefficient (Wildman–Crippen LogP) is 1.60. The number of hydrogen-bond acceptors (Lipinski definition) is 10. The molecule has 0 amide bonds. The SMILES string of the molecule is C=CC.CC(=O)O.CF.CO.COC(C)=O.S=S=S.S=S=S=S=S=S=S=S=S=S.S=S=S=S=S=S=S=S=S=S=S. The van der Waals surface area contributed by atoms with Crippen molar-refractivity contribution in [1.29, 1.82) is 0 Å². The fourth-order valence-electron chi connectivity index (χ4n) is 0.147. The summed E-state index contributed by atoms with van der Waals surface area (Å²) >= 11 is 26.9. The highest BCUT2D eigenvalue weighted by molar-refractivity contribution is 8.74. The Bertz CT molecular complexity index is 1290. The number of methoxy groups -OCH3 is 1. The zero-order chi connectivity index (χ0) is 33.3. The zero-order valence-corrected chi connectivity index (χ0v) is 40.2. The van der Waals surface area contributed by atoms with E-state index in [9.17, 15) is 9.18 Å². The average Bonchev–Trinajstić information content (AvgIpc) is 2.94. The van der Waals surface area contributed by atoms with Crippen LogP contribution in [-0.4, -0.2) is 43.5 Å². The van der Waals surface area contributed by atoms with Crippen LogP contribution in [0.15, 0.2) is 12.7 Å². The van der Waals surface area contributed by atoms with Gasteiger partial charge in [0, 0.05) is 248 Å². The summed E-state index contributed by atoms with van der Waals surface area (Å²) in [5.74, 6) is -1.08. The van der Waals surface area contributed by atoms with Gasteiger partial charge >= 0.3 is 5.97 Å². The molecule has 0 aromatic heterocycles. The van der Waals surface area contributed by atoms with Gasteiger partial charge in [-0.15, -0.1) is 6.58 Å². The van der Waals surface area contributed by atoms with Crippen molar-refractivity contribution in [3.8, 4) is 0 Å². The van der Waals surface area contributed by atoms with Gasteiger partial charge in [0.1, 0.15) is 0 Å². The van der Waals surface area contributed by atoms with E-state index in [1.807, 2.05) is 6.92 Å². The maximum Gasteiger partial charge on any atom is 0.302 e. The molecular formula is C10H23FO5S24. The van der Waals surface area contributed by atoms with Crippen LogP contribution in [0.4, 0.5) is 4.39 Å². The molecule has 0 atom stereocenters. The van der Waals surface area contributed by atoms with Crippen LogP contribution >= 0.6 is 0 Å². The molecule has 0 fully saturated rings. The molecule has 0 aliphatic rings. The van der Waals surface area contributed by atoms with Crippen LogP contribution in [0.1, 0.15) is 20.8 Å². The number of esters is 1. The van der Waals surface area contributed by atoms with E-state index < -0.39 is 5.97 Å². The normalized spacial score (nSPS) is 6.00. The molecule has 0 bridgehead atoms. The lowest BCUT2D eigenvalue weighted by Crippen LogP contribution is -1.88. The lowest BCUT2D eigenvalue weighted by atomic mass is 10.8. The van der Waals surface area contributed by atoms with Gasteiger partial charge in [-0.3, -0.25) is 14.0 Å². The van der Waals surface area contributed by atoms with Crippen LogP contribution in [-0.2, 0) is 241 Å². The molecule has 0 spiro atoms. The first kappa shape index (κ1) is 62.6. The van der Waals surface area contributed by atoms with Gasteiger partial charge in [0.05, 0.1) is 14.3 Å². The molecular weight excluding hydrogens is 989 g/mol. The lowest BCUT2D eigenvalue weighted by molar-refractivity contribution is -0.138. The Balaban J connectivity index is -0.0000000535. The van der Waals surface area contributed by atoms with E-state index in [1.165, 1.54) is 49.6 Å². The number of aliphatic hydroxyl groups excluding tert-OH is 1. The fourth-order valence-corrected chi connectivity index (χ4v) is 35.8. The maximum absolute atomic E-state index is 9.59. The number of hydrogen-bond donors (Lipinski definition) is 2. The smallest absolute Gasteiger partial charge is 0.302 e. The second-order valence-corrected chi connectivity index (χ2v) is 34.7. The Morgan fingerprint density at radius 1 is 0.650 bits per heavy atom. The summed E-state index contributed by atoms with van der Waals surface area (Å²) in [6.07, 6.45) is 1.75. The molecule has 0 rings (SSSR count). The highest BCUT2D eigenvalue weighted by Crippen LogP contribution is 1.60. The van der Waals surface area contributed by atoms with Crippen molar-refractivity contribution in [1.82, 2.24) is 0 Å². The molecule has 40 heavy (non-hydrogen) atoms. The van der Waals surface area contributed by atoms with Crippen molar-refractivity contribution in [2.75, 3.05) is 21.4 Å². The van der Waals surface area contributed by atoms with Crippen molar-refractivity contribution >= 4 is 239 Å². The third-order valence-corrected chi connectivity index (χ3v) is 34.0. The Morgan fingerprint density at radius 3 is 0.825 bits per heavy atom. The lowest BCUT2D eigenvalue weighted by Gasteiger charge is -1.80. The number of alkyl halides is 1. The standard InChI is InChI=1S/C3H6O2.C3H6.C2H4O2.CH3F.CH4O.S11.S10.S3/c1-3(4)5-2;1-3-2;1-2(3)4;2*1-2;1-3-5-7-9-11-10-8-6-4-2;1-3-5-7-9-10-8-6-4-2;1-3-2/h1-2H3;3H,1H2,2H3;1H3,(H,3,4);1H3;2H,1H3;;;. The number of aliphatic carboxylic acids is 1. The van der Waals surface area contributed by atoms with Gasteiger partial charge in [0.15, 0.2) is 0 Å². The van der Waals surface area contributed by atoms with Crippen molar-refractivity contribution in [3.63, 3.8) is 0 Å². The monoisotopic (exact) mass is 1010 g/mol. The van der Waals surface area contributed by atoms with Gasteiger partial charge in [0.2, 0.25) is 0 Å². The van der Waals surface area contributed by atoms with E-state index in [1.54, 1.807) is 122 Å². The summed E-state index contributed by atoms with van der Waals surface area (Å²) in [7, 11) is 30.9. The molecule has 30 heteroatoms. The number of carboxylic acids is 1. The number of aliphatic hydroxyl groups is 1. The van der Waals surface area contributed by atoms with Crippen LogP contribution in [0, 0.1) is 0 Å². The van der Waals surface area contributed by atoms with Crippen LogP contribution in [0.2, 0.25) is 0 Å². The number of halogens is 1. The topological polar surface area (TPSA) is 83.8 Å². The summed E-state index contributed by atoms with van der Waals surface area (Å²) in [6.45, 7) is 7.69. The zero-order valence-electron chi connectivity index (χ0n) is 20.6. The van der Waals surface area contributed by atoms with Crippen LogP contribution in [0.25, 0.3) is 0 Å². The van der Waals surface area contributed by atoms with Gasteiger partial charge < -0.3 is 14.9 Å². The number of rotatable bonds is 0. The highest BCUT2D eigenvalue weighted by atomic mass is 33.4. The predicted molar refractivity (Wildman–Crippen MR) is 239 cm³/mol. The largest absolute Gasteiger partial charge is 0.481 e. The van der Waals surface area contributed by atoms with Crippen LogP contribution in [0.5, 0.6) is 0 Å². The summed E-state index contributed by atoms with van der Waals surface area (Å²) in [4.78, 5) is 18.6. The molecule has 0 aliphatic heterocycles. The minimum Gasteiger partial charge on any atom is -0.481 e. The quantitative estimate of drug-likeness (QED) is 0.275. The van der Waals surface area contributed by atoms with Crippen molar-refractivity contribution in [2.24, 2.45) is 0 Å². The first-order chi connectivity index (χ1) is 19.2. The Labute approximate surface area is 316 Å². The number of allylic oxidation sites excluding steroid dienone is 1. The Kier molecular flexibility index (Phi) is 132. The third-order valence-electron chi connectivity index (χ3n) is 0.704. The number of ether oxygens (including phenoxy) is 1. The van der Waals surface area contributed by atoms with E-state index >= 15 is 0 Å². The van der Waals surface area contributed by atoms with Gasteiger partial charge in [0.25, 0.3) is 5.97 Å². The van der Waals surface area contributed by atoms with Crippen molar-refractivity contribution in [3.05, 3.63) is 12.7 Å². The summed E-state index contributed by atoms with van der Waals surface area (Å²) in [5.41, 5.74) is 0. The molecule has 0 aromatic rings. The van der Waals surface area contributed by atoms with Gasteiger partial charge in [-0.05, 0) is 6.92 Å². The van der Waals surface area contributed by atoms with Crippen molar-refractivity contribution < 1.29 is 28.9 Å². The summed E-state index contributed by atoms with van der Waals surface area (Å²) < 4.78 is 13.6. The van der Waals surface area contributed by atoms with Crippen LogP contribution < -0.4 is 0 Å². The molecule has 0 unspecified atom stereocenters. The Hall–Kier alpha value is 3.85. The minimum absolute atomic E-state index is 0.245. The number of carbonyl (C=O) groups is 2. The minimum atomic E-state index is -0.833. The fraction of sp³-hybridized carbons (Fsp3) is 0.600. The third kappa shape index (κ3) is 161. The molecule has 0 saturated carbocycles. The summed E-state index contributed by atoms with van der Waals surface area (Å²) in [6, 6.07) is 0. The second kappa shape index (κ2) is 84.2. The van der Waals surface area contributed by atoms with E-state index in [-0.39, 0.29) is 5.97 Å². The van der Waals surface area contributed by atoms with E-state index in [0.717, 1.165) is 22.9 Å².